The van der Waals surface area contributed by atoms with Crippen LogP contribution in [0.15, 0.2) is 36.4 Å². The number of anilines is 1. The van der Waals surface area contributed by atoms with Gasteiger partial charge in [0.2, 0.25) is 0 Å². The number of benzene rings is 1. The van der Waals surface area contributed by atoms with E-state index in [1.54, 1.807) is 17.4 Å². The van der Waals surface area contributed by atoms with Crippen molar-refractivity contribution in [3.8, 4) is 11.3 Å². The Kier molecular flexibility index (Phi) is 6.11. The lowest BCUT2D eigenvalue weighted by atomic mass is 10.1. The minimum atomic E-state index is -0.389. The van der Waals surface area contributed by atoms with E-state index in [-0.39, 0.29) is 12.1 Å². The maximum atomic E-state index is 12.2. The second-order valence-electron chi connectivity index (χ2n) is 9.03. The van der Waals surface area contributed by atoms with Crippen molar-refractivity contribution in [3.63, 3.8) is 0 Å². The number of hydrogen-bond acceptors (Lipinski definition) is 7. The molecule has 6 nitrogen and oxygen atoms in total. The summed E-state index contributed by atoms with van der Waals surface area (Å²) in [6, 6.07) is 12.4. The van der Waals surface area contributed by atoms with Gasteiger partial charge in [0.05, 0.1) is 22.0 Å². The maximum Gasteiger partial charge on any atom is 0.357 e. The number of likely N-dealkylation sites (tertiary alicyclic amines) is 1. The van der Waals surface area contributed by atoms with Gasteiger partial charge in [-0.3, -0.25) is 4.90 Å². The van der Waals surface area contributed by atoms with Gasteiger partial charge in [-0.1, -0.05) is 29.9 Å². The molecule has 4 heterocycles. The monoisotopic (exact) mass is 450 g/mol. The Morgan fingerprint density at radius 2 is 1.94 bits per heavy atom. The van der Waals surface area contributed by atoms with E-state index in [9.17, 15) is 4.79 Å². The number of carbonyl (C=O) groups is 1. The Bertz CT molecular complexity index is 1110. The van der Waals surface area contributed by atoms with Gasteiger partial charge in [0.25, 0.3) is 0 Å². The minimum Gasteiger partial charge on any atom is -0.458 e. The number of esters is 1. The van der Waals surface area contributed by atoms with E-state index in [4.69, 9.17) is 9.72 Å². The zero-order valence-electron chi connectivity index (χ0n) is 18.8. The van der Waals surface area contributed by atoms with Crippen molar-refractivity contribution in [2.24, 2.45) is 0 Å². The van der Waals surface area contributed by atoms with Crippen molar-refractivity contribution in [1.29, 1.82) is 0 Å². The van der Waals surface area contributed by atoms with Crippen molar-refractivity contribution < 1.29 is 9.53 Å². The van der Waals surface area contributed by atoms with Crippen LogP contribution < -0.4 is 4.90 Å². The zero-order valence-corrected chi connectivity index (χ0v) is 19.6. The third-order valence-electron chi connectivity index (χ3n) is 6.31. The molecule has 0 saturated carbocycles. The molecule has 2 saturated heterocycles. The molecule has 1 aromatic carbocycles. The number of aromatic nitrogens is 2. The van der Waals surface area contributed by atoms with Gasteiger partial charge in [0, 0.05) is 24.7 Å². The first-order valence-electron chi connectivity index (χ1n) is 11.6. The van der Waals surface area contributed by atoms with Crippen LogP contribution in [0.3, 0.4) is 0 Å². The molecular formula is C25H30N4O2S. The predicted molar refractivity (Wildman–Crippen MR) is 129 cm³/mol. The third-order valence-corrected chi connectivity index (χ3v) is 7.39. The molecule has 0 N–H and O–H groups in total. The number of rotatable bonds is 5. The van der Waals surface area contributed by atoms with Gasteiger partial charge in [0.15, 0.2) is 5.13 Å². The second-order valence-corrected chi connectivity index (χ2v) is 10.0. The first-order valence-corrected chi connectivity index (χ1v) is 12.5. The van der Waals surface area contributed by atoms with Crippen molar-refractivity contribution in [2.45, 2.75) is 51.7 Å². The molecule has 32 heavy (non-hydrogen) atoms. The Balaban J connectivity index is 1.34. The van der Waals surface area contributed by atoms with E-state index < -0.39 is 0 Å². The summed E-state index contributed by atoms with van der Waals surface area (Å²) < 4.78 is 6.44. The van der Waals surface area contributed by atoms with Crippen molar-refractivity contribution in [3.05, 3.63) is 42.1 Å². The van der Waals surface area contributed by atoms with Gasteiger partial charge < -0.3 is 9.64 Å². The van der Waals surface area contributed by atoms with Crippen LogP contribution in [0.2, 0.25) is 0 Å². The first kappa shape index (κ1) is 21.3. The van der Waals surface area contributed by atoms with E-state index in [0.717, 1.165) is 39.7 Å². The van der Waals surface area contributed by atoms with Crippen molar-refractivity contribution in [1.82, 2.24) is 14.9 Å². The summed E-state index contributed by atoms with van der Waals surface area (Å²) in [5, 5.41) is 1.11. The molecule has 2 aliphatic heterocycles. The molecule has 7 heteroatoms. The summed E-state index contributed by atoms with van der Waals surface area (Å²) in [5.74, 6) is -0.389. The minimum absolute atomic E-state index is 0.167. The van der Waals surface area contributed by atoms with E-state index in [0.29, 0.717) is 11.7 Å². The van der Waals surface area contributed by atoms with E-state index in [2.05, 4.69) is 26.9 Å². The number of nitrogens with zero attached hydrogens (tertiary/aromatic N) is 4. The summed E-state index contributed by atoms with van der Waals surface area (Å²) in [6.07, 6.45) is 5.11. The quantitative estimate of drug-likeness (QED) is 0.511. The van der Waals surface area contributed by atoms with Crippen molar-refractivity contribution >= 4 is 32.7 Å². The average molecular weight is 451 g/mol. The molecule has 2 aromatic heterocycles. The Morgan fingerprint density at radius 1 is 1.09 bits per heavy atom. The van der Waals surface area contributed by atoms with Gasteiger partial charge in [-0.2, -0.15) is 0 Å². The van der Waals surface area contributed by atoms with Gasteiger partial charge in [0.1, 0.15) is 5.69 Å². The van der Waals surface area contributed by atoms with E-state index in [1.807, 2.05) is 32.0 Å². The lowest BCUT2D eigenvalue weighted by Gasteiger charge is -2.32. The summed E-state index contributed by atoms with van der Waals surface area (Å²) in [7, 11) is 0. The van der Waals surface area contributed by atoms with Crippen LogP contribution in [0.4, 0.5) is 5.13 Å². The highest BCUT2D eigenvalue weighted by atomic mass is 32.1. The topological polar surface area (TPSA) is 58.6 Å². The van der Waals surface area contributed by atoms with Crippen LogP contribution in [-0.2, 0) is 4.74 Å². The number of thiazole rings is 1. The fourth-order valence-corrected chi connectivity index (χ4v) is 5.73. The highest BCUT2D eigenvalue weighted by Gasteiger charge is 2.30. The largest absolute Gasteiger partial charge is 0.458 e. The fraction of sp³-hybridized carbons (Fsp3) is 0.480. The predicted octanol–water partition coefficient (Wildman–Crippen LogP) is 4.99. The summed E-state index contributed by atoms with van der Waals surface area (Å²) in [5.41, 5.74) is 3.11. The average Bonchev–Trinajstić information content (AvgIpc) is 3.46. The number of piperidine rings is 1. The number of pyridine rings is 1. The maximum absolute atomic E-state index is 12.2. The lowest BCUT2D eigenvalue weighted by molar-refractivity contribution is 0.0371. The number of ether oxygens (including phenoxy) is 1. The first-order chi connectivity index (χ1) is 15.6. The molecule has 2 fully saturated rings. The molecule has 0 amide bonds. The van der Waals surface area contributed by atoms with E-state index >= 15 is 0 Å². The standard InChI is InChI=1S/C25H30N4O2S/c1-17(2)31-24(30)22-8-6-7-20(26-22)18-9-10-21-23(15-18)32-25(27-21)29-14-11-19(16-29)28-12-4-3-5-13-28/h6-10,15,17,19H,3-5,11-14,16H2,1-2H3/t19-/m1/s1. The van der Waals surface area contributed by atoms with Crippen LogP contribution in [0.5, 0.6) is 0 Å². The Labute approximate surface area is 193 Å². The van der Waals surface area contributed by atoms with Gasteiger partial charge in [-0.25, -0.2) is 14.8 Å². The number of carbonyl (C=O) groups excluding carboxylic acids is 1. The molecule has 0 radical (unpaired) electrons. The summed E-state index contributed by atoms with van der Waals surface area (Å²) in [4.78, 5) is 26.8. The van der Waals surface area contributed by atoms with Crippen LogP contribution in [-0.4, -0.2) is 59.2 Å². The Hall–Kier alpha value is -2.51. The zero-order chi connectivity index (χ0) is 22.1. The van der Waals surface area contributed by atoms with Crippen LogP contribution >= 0.6 is 11.3 Å². The van der Waals surface area contributed by atoms with Crippen LogP contribution in [0.25, 0.3) is 21.5 Å². The summed E-state index contributed by atoms with van der Waals surface area (Å²) in [6.45, 7) is 8.33. The molecule has 0 bridgehead atoms. The SMILES string of the molecule is CC(C)OC(=O)c1cccc(-c2ccc3nc(N4CC[C@@H](N5CCCCC5)C4)sc3c2)n1. The molecule has 2 aliphatic rings. The van der Waals surface area contributed by atoms with Crippen LogP contribution in [0.1, 0.15) is 50.0 Å². The fourth-order valence-electron chi connectivity index (χ4n) is 4.69. The molecule has 5 rings (SSSR count). The normalized spacial score (nSPS) is 19.7. The second kappa shape index (κ2) is 9.16. The van der Waals surface area contributed by atoms with Crippen molar-refractivity contribution in [2.75, 3.05) is 31.1 Å². The smallest absolute Gasteiger partial charge is 0.357 e. The third kappa shape index (κ3) is 4.50. The molecule has 1 atom stereocenters. The van der Waals surface area contributed by atoms with Gasteiger partial charge in [-0.05, 0) is 70.5 Å². The molecule has 0 aliphatic carbocycles. The Morgan fingerprint density at radius 3 is 2.75 bits per heavy atom. The summed E-state index contributed by atoms with van der Waals surface area (Å²) >= 11 is 1.75. The van der Waals surface area contributed by atoms with Crippen LogP contribution in [0, 0.1) is 0 Å². The van der Waals surface area contributed by atoms with Gasteiger partial charge >= 0.3 is 5.97 Å². The molecule has 0 unspecified atom stereocenters. The van der Waals surface area contributed by atoms with E-state index in [1.165, 1.54) is 38.8 Å². The van der Waals surface area contributed by atoms with Gasteiger partial charge in [-0.15, -0.1) is 0 Å². The molecular weight excluding hydrogens is 420 g/mol. The highest BCUT2D eigenvalue weighted by Crippen LogP contribution is 2.34. The molecule has 0 spiro atoms. The number of fused-ring (bicyclic) bond motifs is 1. The number of hydrogen-bond donors (Lipinski definition) is 0. The molecule has 168 valence electrons. The molecule has 3 aromatic rings. The lowest BCUT2D eigenvalue weighted by Crippen LogP contribution is -2.40. The highest BCUT2D eigenvalue weighted by molar-refractivity contribution is 7.22.